The number of carbonyl (C=O) groups is 1. The van der Waals surface area contributed by atoms with E-state index in [9.17, 15) is 9.90 Å². The standard InChI is InChI=1S/C13H24N2O3/c1-15-10-3-2-4-11(15)6-9(5-10)14-8-12(16)7-13(17)18/h9-12,14,16H,2-8H2,1H3,(H,17,18). The van der Waals surface area contributed by atoms with Crippen LogP contribution in [0, 0.1) is 0 Å². The molecule has 18 heavy (non-hydrogen) atoms. The molecule has 3 unspecified atom stereocenters. The van der Waals surface area contributed by atoms with E-state index in [-0.39, 0.29) is 6.42 Å². The Kier molecular flexibility index (Phi) is 4.59. The fraction of sp³-hybridized carbons (Fsp3) is 0.923. The van der Waals surface area contributed by atoms with Crippen molar-refractivity contribution in [2.45, 2.75) is 62.8 Å². The molecule has 3 N–H and O–H groups in total. The largest absolute Gasteiger partial charge is 0.481 e. The van der Waals surface area contributed by atoms with E-state index in [4.69, 9.17) is 5.11 Å². The van der Waals surface area contributed by atoms with E-state index < -0.39 is 12.1 Å². The number of aliphatic hydroxyl groups is 1. The van der Waals surface area contributed by atoms with Crippen molar-refractivity contribution in [3.63, 3.8) is 0 Å². The molecule has 2 rings (SSSR count). The minimum atomic E-state index is -0.940. The number of hydrogen-bond acceptors (Lipinski definition) is 4. The minimum Gasteiger partial charge on any atom is -0.481 e. The number of nitrogens with zero attached hydrogens (tertiary/aromatic N) is 1. The van der Waals surface area contributed by atoms with Gasteiger partial charge in [-0.3, -0.25) is 4.79 Å². The third kappa shape index (κ3) is 3.43. The van der Waals surface area contributed by atoms with Crippen LogP contribution in [-0.4, -0.2) is 58.9 Å². The van der Waals surface area contributed by atoms with Gasteiger partial charge in [0, 0.05) is 24.7 Å². The van der Waals surface area contributed by atoms with Gasteiger partial charge in [-0.25, -0.2) is 0 Å². The summed E-state index contributed by atoms with van der Waals surface area (Å²) in [6.07, 6.45) is 5.15. The Bertz CT molecular complexity index is 284. The molecule has 0 aliphatic carbocycles. The van der Waals surface area contributed by atoms with E-state index in [1.807, 2.05) is 0 Å². The van der Waals surface area contributed by atoms with Crippen molar-refractivity contribution in [3.8, 4) is 0 Å². The molecule has 2 fully saturated rings. The van der Waals surface area contributed by atoms with Crippen molar-refractivity contribution in [2.75, 3.05) is 13.6 Å². The van der Waals surface area contributed by atoms with Crippen LogP contribution in [0.4, 0.5) is 0 Å². The van der Waals surface area contributed by atoms with Gasteiger partial charge in [-0.1, -0.05) is 6.42 Å². The van der Waals surface area contributed by atoms with Crippen LogP contribution in [0.5, 0.6) is 0 Å². The van der Waals surface area contributed by atoms with Crippen LogP contribution in [0.2, 0.25) is 0 Å². The molecule has 2 saturated heterocycles. The number of aliphatic carboxylic acids is 1. The Hall–Kier alpha value is -0.650. The summed E-state index contributed by atoms with van der Waals surface area (Å²) in [6.45, 7) is 0.389. The zero-order valence-electron chi connectivity index (χ0n) is 11.0. The zero-order valence-corrected chi connectivity index (χ0v) is 11.0. The van der Waals surface area contributed by atoms with Crippen molar-refractivity contribution in [1.29, 1.82) is 0 Å². The minimum absolute atomic E-state index is 0.174. The summed E-state index contributed by atoms with van der Waals surface area (Å²) < 4.78 is 0. The molecule has 0 radical (unpaired) electrons. The van der Waals surface area contributed by atoms with E-state index >= 15 is 0 Å². The Morgan fingerprint density at radius 3 is 2.56 bits per heavy atom. The van der Waals surface area contributed by atoms with Crippen LogP contribution < -0.4 is 5.32 Å². The fourth-order valence-electron chi connectivity index (χ4n) is 3.36. The maximum atomic E-state index is 10.5. The van der Waals surface area contributed by atoms with Crippen LogP contribution in [0.15, 0.2) is 0 Å². The Morgan fingerprint density at radius 1 is 1.39 bits per heavy atom. The lowest BCUT2D eigenvalue weighted by molar-refractivity contribution is -0.139. The molecule has 104 valence electrons. The predicted octanol–water partition coefficient (Wildman–Crippen LogP) is 0.427. The first-order chi connectivity index (χ1) is 8.56. The van der Waals surface area contributed by atoms with E-state index in [0.717, 1.165) is 12.8 Å². The third-order valence-electron chi connectivity index (χ3n) is 4.39. The highest BCUT2D eigenvalue weighted by Gasteiger charge is 2.35. The highest BCUT2D eigenvalue weighted by atomic mass is 16.4. The van der Waals surface area contributed by atoms with Gasteiger partial charge in [-0.05, 0) is 32.7 Å². The van der Waals surface area contributed by atoms with Gasteiger partial charge in [0.1, 0.15) is 0 Å². The maximum absolute atomic E-state index is 10.5. The number of carboxylic acids is 1. The van der Waals surface area contributed by atoms with E-state index in [0.29, 0.717) is 24.7 Å². The number of carboxylic acid groups (broad SMARTS) is 1. The van der Waals surface area contributed by atoms with Gasteiger partial charge in [0.25, 0.3) is 0 Å². The summed E-state index contributed by atoms with van der Waals surface area (Å²) in [7, 11) is 2.21. The van der Waals surface area contributed by atoms with E-state index in [1.165, 1.54) is 19.3 Å². The van der Waals surface area contributed by atoms with Crippen LogP contribution in [0.1, 0.15) is 38.5 Å². The van der Waals surface area contributed by atoms with Gasteiger partial charge in [0.05, 0.1) is 12.5 Å². The fourth-order valence-corrected chi connectivity index (χ4v) is 3.36. The van der Waals surface area contributed by atoms with Gasteiger partial charge in [-0.2, -0.15) is 0 Å². The number of hydrogen-bond donors (Lipinski definition) is 3. The first-order valence-corrected chi connectivity index (χ1v) is 6.91. The maximum Gasteiger partial charge on any atom is 0.306 e. The van der Waals surface area contributed by atoms with Gasteiger partial charge in [-0.15, -0.1) is 0 Å². The second kappa shape index (κ2) is 5.99. The van der Waals surface area contributed by atoms with Gasteiger partial charge >= 0.3 is 5.97 Å². The molecule has 2 bridgehead atoms. The summed E-state index contributed by atoms with van der Waals surface area (Å²) in [5.41, 5.74) is 0. The lowest BCUT2D eigenvalue weighted by Gasteiger charge is -2.47. The van der Waals surface area contributed by atoms with Crippen molar-refractivity contribution in [3.05, 3.63) is 0 Å². The first kappa shape index (κ1) is 13.8. The molecule has 2 aliphatic heterocycles. The van der Waals surface area contributed by atoms with Crippen molar-refractivity contribution < 1.29 is 15.0 Å². The molecule has 0 aromatic heterocycles. The summed E-state index contributed by atoms with van der Waals surface area (Å²) >= 11 is 0. The average molecular weight is 256 g/mol. The summed E-state index contributed by atoms with van der Waals surface area (Å²) in [5.74, 6) is -0.940. The molecule has 2 aliphatic rings. The Morgan fingerprint density at radius 2 is 2.00 bits per heavy atom. The molecular weight excluding hydrogens is 232 g/mol. The molecule has 0 spiro atoms. The SMILES string of the molecule is CN1C2CCCC1CC(NCC(O)CC(=O)O)C2. The molecule has 0 aromatic rings. The van der Waals surface area contributed by atoms with Crippen LogP contribution in [0.3, 0.4) is 0 Å². The van der Waals surface area contributed by atoms with Crippen LogP contribution in [-0.2, 0) is 4.79 Å². The lowest BCUT2D eigenvalue weighted by Crippen LogP contribution is -2.55. The quantitative estimate of drug-likeness (QED) is 0.665. The number of aliphatic hydroxyl groups excluding tert-OH is 1. The topological polar surface area (TPSA) is 72.8 Å². The Balaban J connectivity index is 1.76. The molecule has 2 heterocycles. The smallest absolute Gasteiger partial charge is 0.306 e. The number of nitrogens with one attached hydrogen (secondary N) is 1. The van der Waals surface area contributed by atoms with Crippen molar-refractivity contribution >= 4 is 5.97 Å². The van der Waals surface area contributed by atoms with Crippen molar-refractivity contribution in [1.82, 2.24) is 10.2 Å². The second-order valence-corrected chi connectivity index (χ2v) is 5.73. The highest BCUT2D eigenvalue weighted by Crippen LogP contribution is 2.32. The lowest BCUT2D eigenvalue weighted by atomic mass is 9.82. The predicted molar refractivity (Wildman–Crippen MR) is 68.5 cm³/mol. The summed E-state index contributed by atoms with van der Waals surface area (Å²) in [6, 6.07) is 1.75. The molecule has 0 aromatic carbocycles. The molecule has 3 atom stereocenters. The molecule has 5 heteroatoms. The molecule has 0 amide bonds. The molecule has 5 nitrogen and oxygen atoms in total. The summed E-state index contributed by atoms with van der Waals surface area (Å²) in [5, 5.41) is 21.5. The molecular formula is C13H24N2O3. The molecule has 0 saturated carbocycles. The van der Waals surface area contributed by atoms with Gasteiger partial charge < -0.3 is 20.4 Å². The highest BCUT2D eigenvalue weighted by molar-refractivity contribution is 5.67. The van der Waals surface area contributed by atoms with Gasteiger partial charge in [0.2, 0.25) is 0 Å². The third-order valence-corrected chi connectivity index (χ3v) is 4.39. The van der Waals surface area contributed by atoms with Crippen molar-refractivity contribution in [2.24, 2.45) is 0 Å². The summed E-state index contributed by atoms with van der Waals surface area (Å²) in [4.78, 5) is 13.0. The normalized spacial score (nSPS) is 34.2. The van der Waals surface area contributed by atoms with Crippen LogP contribution >= 0.6 is 0 Å². The number of fused-ring (bicyclic) bond motifs is 2. The zero-order chi connectivity index (χ0) is 13.1. The van der Waals surface area contributed by atoms with Crippen LogP contribution in [0.25, 0.3) is 0 Å². The number of rotatable bonds is 5. The number of piperidine rings is 2. The van der Waals surface area contributed by atoms with E-state index in [1.54, 1.807) is 0 Å². The second-order valence-electron chi connectivity index (χ2n) is 5.73. The monoisotopic (exact) mass is 256 g/mol. The van der Waals surface area contributed by atoms with E-state index in [2.05, 4.69) is 17.3 Å². The van der Waals surface area contributed by atoms with Gasteiger partial charge in [0.15, 0.2) is 0 Å². The first-order valence-electron chi connectivity index (χ1n) is 6.91. The Labute approximate surface area is 108 Å². The average Bonchev–Trinajstić information content (AvgIpc) is 2.25.